The third-order valence-electron chi connectivity index (χ3n) is 5.56. The molecule has 0 atom stereocenters. The first-order valence-electron chi connectivity index (χ1n) is 10.9. The highest BCUT2D eigenvalue weighted by Crippen LogP contribution is 2.23. The third kappa shape index (κ3) is 5.59. The first-order valence-corrected chi connectivity index (χ1v) is 10.9. The van der Waals surface area contributed by atoms with E-state index in [2.05, 4.69) is 5.32 Å². The van der Waals surface area contributed by atoms with Gasteiger partial charge in [-0.25, -0.2) is 4.79 Å². The standard InChI is InChI=1S/C23H33N3O4/c1-23(2,3)30-22(29)25-14-10-17(11-15-25)16-24-12-6-7-13-26-20(27)18-8-4-5-9-19(18)21(26)28/h4-5,8-9,17,24H,6-7,10-16H2,1-3H3. The van der Waals surface area contributed by atoms with Crippen molar-refractivity contribution in [3.63, 3.8) is 0 Å². The molecule has 2 aliphatic rings. The van der Waals surface area contributed by atoms with Crippen LogP contribution in [-0.2, 0) is 4.74 Å². The number of amides is 3. The molecular weight excluding hydrogens is 382 g/mol. The van der Waals surface area contributed by atoms with Crippen LogP contribution in [0.4, 0.5) is 4.79 Å². The van der Waals surface area contributed by atoms with Gasteiger partial charge in [-0.1, -0.05) is 12.1 Å². The monoisotopic (exact) mass is 415 g/mol. The highest BCUT2D eigenvalue weighted by Gasteiger charge is 2.34. The van der Waals surface area contributed by atoms with Crippen LogP contribution in [0.2, 0.25) is 0 Å². The van der Waals surface area contributed by atoms with Gasteiger partial charge in [-0.2, -0.15) is 0 Å². The van der Waals surface area contributed by atoms with Gasteiger partial charge in [0.1, 0.15) is 5.60 Å². The Morgan fingerprint density at radius 1 is 1.07 bits per heavy atom. The first kappa shape index (κ1) is 22.3. The fourth-order valence-corrected chi connectivity index (χ4v) is 3.91. The number of carbonyl (C=O) groups excluding carboxylic acids is 3. The van der Waals surface area contributed by atoms with Crippen LogP contribution in [-0.4, -0.2) is 66.0 Å². The lowest BCUT2D eigenvalue weighted by Gasteiger charge is -2.33. The molecular formula is C23H33N3O4. The molecule has 0 spiro atoms. The predicted octanol–water partition coefficient (Wildman–Crippen LogP) is 3.30. The summed E-state index contributed by atoms with van der Waals surface area (Å²) in [5.74, 6) is 0.195. The molecule has 30 heavy (non-hydrogen) atoms. The van der Waals surface area contributed by atoms with Crippen molar-refractivity contribution < 1.29 is 19.1 Å². The van der Waals surface area contributed by atoms with Gasteiger partial charge in [-0.3, -0.25) is 14.5 Å². The molecule has 0 aromatic heterocycles. The number of nitrogens with one attached hydrogen (secondary N) is 1. The minimum atomic E-state index is -0.456. The zero-order valence-corrected chi connectivity index (χ0v) is 18.3. The molecule has 0 bridgehead atoms. The van der Waals surface area contributed by atoms with Gasteiger partial charge >= 0.3 is 6.09 Å². The van der Waals surface area contributed by atoms with Crippen LogP contribution in [0.5, 0.6) is 0 Å². The topological polar surface area (TPSA) is 79.0 Å². The molecule has 164 valence electrons. The normalized spacial score (nSPS) is 17.4. The Morgan fingerprint density at radius 2 is 1.67 bits per heavy atom. The van der Waals surface area contributed by atoms with Crippen molar-refractivity contribution in [2.75, 3.05) is 32.7 Å². The molecule has 2 heterocycles. The Bertz CT molecular complexity index is 744. The molecule has 1 fully saturated rings. The van der Waals surface area contributed by atoms with Crippen molar-refractivity contribution in [2.45, 2.75) is 52.1 Å². The Morgan fingerprint density at radius 3 is 2.23 bits per heavy atom. The lowest BCUT2D eigenvalue weighted by molar-refractivity contribution is 0.0184. The van der Waals surface area contributed by atoms with Crippen molar-refractivity contribution in [2.24, 2.45) is 5.92 Å². The molecule has 1 N–H and O–H groups in total. The average Bonchev–Trinajstić information content (AvgIpc) is 2.94. The maximum Gasteiger partial charge on any atom is 0.410 e. The number of benzene rings is 1. The van der Waals surface area contributed by atoms with E-state index in [-0.39, 0.29) is 17.9 Å². The van der Waals surface area contributed by atoms with Crippen LogP contribution in [0.15, 0.2) is 24.3 Å². The summed E-state index contributed by atoms with van der Waals surface area (Å²) in [7, 11) is 0. The zero-order valence-electron chi connectivity index (χ0n) is 18.3. The second kappa shape index (κ2) is 9.60. The van der Waals surface area contributed by atoms with Crippen molar-refractivity contribution in [1.82, 2.24) is 15.1 Å². The van der Waals surface area contributed by atoms with Gasteiger partial charge in [-0.15, -0.1) is 0 Å². The maximum absolute atomic E-state index is 12.3. The number of nitrogens with zero attached hydrogens (tertiary/aromatic N) is 2. The minimum Gasteiger partial charge on any atom is -0.444 e. The summed E-state index contributed by atoms with van der Waals surface area (Å²) in [4.78, 5) is 39.9. The minimum absolute atomic E-state index is 0.180. The SMILES string of the molecule is CC(C)(C)OC(=O)N1CCC(CNCCCCN2C(=O)c3ccccc3C2=O)CC1. The molecule has 3 amide bonds. The zero-order chi connectivity index (χ0) is 21.7. The number of likely N-dealkylation sites (tertiary alicyclic amines) is 1. The van der Waals surface area contributed by atoms with Gasteiger partial charge in [0.25, 0.3) is 11.8 Å². The molecule has 0 radical (unpaired) electrons. The van der Waals surface area contributed by atoms with Gasteiger partial charge in [0.15, 0.2) is 0 Å². The Labute approximate surface area is 178 Å². The highest BCUT2D eigenvalue weighted by molar-refractivity contribution is 6.21. The number of carbonyl (C=O) groups is 3. The van der Waals surface area contributed by atoms with E-state index in [9.17, 15) is 14.4 Å². The summed E-state index contributed by atoms with van der Waals surface area (Å²) < 4.78 is 5.44. The quantitative estimate of drug-likeness (QED) is 0.546. The van der Waals surface area contributed by atoms with E-state index in [0.29, 0.717) is 23.6 Å². The summed E-state index contributed by atoms with van der Waals surface area (Å²) in [5, 5.41) is 3.48. The van der Waals surface area contributed by atoms with Crippen LogP contribution >= 0.6 is 0 Å². The molecule has 1 saturated heterocycles. The van der Waals surface area contributed by atoms with E-state index < -0.39 is 5.60 Å². The van der Waals surface area contributed by atoms with Gasteiger partial charge in [-0.05, 0) is 77.6 Å². The summed E-state index contributed by atoms with van der Waals surface area (Å²) in [6.45, 7) is 9.37. The van der Waals surface area contributed by atoms with Crippen LogP contribution in [0.3, 0.4) is 0 Å². The molecule has 0 unspecified atom stereocenters. The number of hydrogen-bond donors (Lipinski definition) is 1. The van der Waals surface area contributed by atoms with E-state index in [1.807, 2.05) is 20.8 Å². The van der Waals surface area contributed by atoms with Crippen LogP contribution in [0.1, 0.15) is 67.2 Å². The molecule has 3 rings (SSSR count). The molecule has 7 heteroatoms. The first-order chi connectivity index (χ1) is 14.3. The fraction of sp³-hybridized carbons (Fsp3) is 0.609. The largest absolute Gasteiger partial charge is 0.444 e. The van der Waals surface area contributed by atoms with Crippen molar-refractivity contribution >= 4 is 17.9 Å². The van der Waals surface area contributed by atoms with Gasteiger partial charge in [0.2, 0.25) is 0 Å². The number of hydrogen-bond acceptors (Lipinski definition) is 5. The number of unbranched alkanes of at least 4 members (excludes halogenated alkanes) is 1. The Hall–Kier alpha value is -2.41. The summed E-state index contributed by atoms with van der Waals surface area (Å²) >= 11 is 0. The Balaban J connectivity index is 1.28. The van der Waals surface area contributed by atoms with Gasteiger partial charge in [0.05, 0.1) is 11.1 Å². The van der Waals surface area contributed by atoms with Crippen molar-refractivity contribution in [1.29, 1.82) is 0 Å². The van der Waals surface area contributed by atoms with E-state index >= 15 is 0 Å². The summed E-state index contributed by atoms with van der Waals surface area (Å²) in [6, 6.07) is 7.00. The Kier molecular flexibility index (Phi) is 7.13. The number of imide groups is 1. The maximum atomic E-state index is 12.3. The number of rotatable bonds is 7. The third-order valence-corrected chi connectivity index (χ3v) is 5.56. The number of fused-ring (bicyclic) bond motifs is 1. The lowest BCUT2D eigenvalue weighted by Crippen LogP contribution is -2.43. The van der Waals surface area contributed by atoms with Crippen molar-refractivity contribution in [3.8, 4) is 0 Å². The molecule has 0 saturated carbocycles. The van der Waals surface area contributed by atoms with E-state index in [4.69, 9.17) is 4.74 Å². The number of ether oxygens (including phenoxy) is 1. The van der Waals surface area contributed by atoms with E-state index in [0.717, 1.165) is 51.9 Å². The molecule has 0 aliphatic carbocycles. The second-order valence-corrected chi connectivity index (χ2v) is 9.13. The predicted molar refractivity (Wildman–Crippen MR) is 114 cm³/mol. The fourth-order valence-electron chi connectivity index (χ4n) is 3.91. The highest BCUT2D eigenvalue weighted by atomic mass is 16.6. The van der Waals surface area contributed by atoms with E-state index in [1.165, 1.54) is 4.90 Å². The average molecular weight is 416 g/mol. The lowest BCUT2D eigenvalue weighted by atomic mass is 9.97. The summed E-state index contributed by atoms with van der Waals surface area (Å²) in [6.07, 6.45) is 3.42. The van der Waals surface area contributed by atoms with E-state index in [1.54, 1.807) is 29.2 Å². The molecule has 1 aromatic rings. The van der Waals surface area contributed by atoms with Crippen LogP contribution in [0.25, 0.3) is 0 Å². The summed E-state index contributed by atoms with van der Waals surface area (Å²) in [5.41, 5.74) is 0.569. The van der Waals surface area contributed by atoms with Crippen LogP contribution in [0, 0.1) is 5.92 Å². The molecule has 7 nitrogen and oxygen atoms in total. The second-order valence-electron chi connectivity index (χ2n) is 9.13. The van der Waals surface area contributed by atoms with Crippen LogP contribution < -0.4 is 5.32 Å². The van der Waals surface area contributed by atoms with Gasteiger partial charge in [0, 0.05) is 19.6 Å². The molecule has 2 aliphatic heterocycles. The van der Waals surface area contributed by atoms with Gasteiger partial charge < -0.3 is 15.0 Å². The smallest absolute Gasteiger partial charge is 0.410 e. The molecule has 1 aromatic carbocycles. The van der Waals surface area contributed by atoms with Crippen molar-refractivity contribution in [3.05, 3.63) is 35.4 Å². The number of piperidine rings is 1.